The van der Waals surface area contributed by atoms with Crippen molar-refractivity contribution in [2.75, 3.05) is 0 Å². The van der Waals surface area contributed by atoms with Crippen LogP contribution in [0.1, 0.15) is 47.5 Å². The lowest BCUT2D eigenvalue weighted by Gasteiger charge is -2.46. The maximum atomic E-state index is 4.98. The van der Waals surface area contributed by atoms with E-state index in [0.717, 1.165) is 20.6 Å². The van der Waals surface area contributed by atoms with Crippen LogP contribution in [0.3, 0.4) is 0 Å². The minimum Gasteiger partial charge on any atom is -0.244 e. The van der Waals surface area contributed by atoms with Gasteiger partial charge in [0.2, 0.25) is 0 Å². The van der Waals surface area contributed by atoms with E-state index in [-0.39, 0.29) is 5.41 Å². The lowest BCUT2D eigenvalue weighted by Crippen LogP contribution is -2.43. The van der Waals surface area contributed by atoms with Crippen LogP contribution in [-0.4, -0.2) is 9.97 Å². The van der Waals surface area contributed by atoms with Gasteiger partial charge in [0.15, 0.2) is 0 Å². The number of hydrogen-bond acceptors (Lipinski definition) is 4. The number of rotatable bonds is 2. The number of halogens is 2. The van der Waals surface area contributed by atoms with Crippen LogP contribution in [0.25, 0.3) is 0 Å². The van der Waals surface area contributed by atoms with Crippen molar-refractivity contribution in [1.82, 2.24) is 9.97 Å². The molecule has 0 fully saturated rings. The van der Waals surface area contributed by atoms with Crippen molar-refractivity contribution < 1.29 is 0 Å². The molecule has 2 aromatic carbocycles. The molecule has 0 bridgehead atoms. The van der Waals surface area contributed by atoms with Gasteiger partial charge in [0.1, 0.15) is 14.6 Å². The molecule has 0 N–H and O–H groups in total. The second kappa shape index (κ2) is 10.7. The predicted octanol–water partition coefficient (Wildman–Crippen LogP) is 7.01. The van der Waals surface area contributed by atoms with Gasteiger partial charge in [0.05, 0.1) is 11.4 Å². The van der Waals surface area contributed by atoms with Crippen LogP contribution in [0.5, 0.6) is 0 Å². The molecule has 0 saturated carbocycles. The summed E-state index contributed by atoms with van der Waals surface area (Å²) in [6.07, 6.45) is 0. The van der Waals surface area contributed by atoms with Crippen molar-refractivity contribution in [3.63, 3.8) is 0 Å². The largest absolute Gasteiger partial charge is 0.244 e. The van der Waals surface area contributed by atoms with E-state index in [1.165, 1.54) is 40.0 Å². The fourth-order valence-corrected chi connectivity index (χ4v) is 5.61. The Hall–Kier alpha value is -1.42. The van der Waals surface area contributed by atoms with Crippen LogP contribution >= 0.6 is 31.9 Å². The molecule has 172 valence electrons. The van der Waals surface area contributed by atoms with E-state index >= 15 is 0 Å². The maximum absolute atomic E-state index is 4.98. The van der Waals surface area contributed by atoms with Gasteiger partial charge in [-0.15, -0.1) is 0 Å². The number of pyridine rings is 2. The highest BCUT2D eigenvalue weighted by molar-refractivity contribution is 9.10. The van der Waals surface area contributed by atoms with E-state index in [1.54, 1.807) is 0 Å². The molecule has 2 aromatic heterocycles. The van der Waals surface area contributed by atoms with E-state index < -0.39 is 5.41 Å². The van der Waals surface area contributed by atoms with Crippen molar-refractivity contribution >= 4 is 72.0 Å². The van der Waals surface area contributed by atoms with Crippen LogP contribution in [0.4, 0.5) is 0 Å². The minimum atomic E-state index is -0.615. The molecule has 5 rings (SSSR count). The van der Waals surface area contributed by atoms with Gasteiger partial charge in [-0.1, -0.05) is 74.5 Å². The predicted molar refractivity (Wildman–Crippen MR) is 157 cm³/mol. The minimum absolute atomic E-state index is 0.130. The van der Waals surface area contributed by atoms with E-state index in [4.69, 9.17) is 9.97 Å². The molecular formula is C26H20Br2N2S4. The van der Waals surface area contributed by atoms with Gasteiger partial charge in [-0.2, -0.15) is 0 Å². The van der Waals surface area contributed by atoms with Crippen LogP contribution in [0, 0.1) is 0 Å². The summed E-state index contributed by atoms with van der Waals surface area (Å²) in [6, 6.07) is 29.7. The molecule has 1 aliphatic carbocycles. The molecule has 34 heavy (non-hydrogen) atoms. The molecular weight excluding hydrogens is 628 g/mol. The zero-order valence-corrected chi connectivity index (χ0v) is 24.8. The third-order valence-corrected chi connectivity index (χ3v) is 9.34. The van der Waals surface area contributed by atoms with Crippen LogP contribution < -0.4 is 0 Å². The van der Waals surface area contributed by atoms with Gasteiger partial charge in [-0.05, 0) is 78.4 Å². The Morgan fingerprint density at radius 3 is 1.32 bits per heavy atom. The summed E-state index contributed by atoms with van der Waals surface area (Å²) >= 11 is 15.9. The highest BCUT2D eigenvalue weighted by atomic mass is 79.9. The standard InChI is InChI=1S/C26H20Br2N2.S4/c1-25(2)17-9-3-5-11-19(17)26(20-12-6-4-10-18(20)25,21-13-7-15-23(27)29-21)22-14-8-16-24(28)30-22;1-3-4-2/h3-16H,1-2H3;. The Morgan fingerprint density at radius 2 is 0.971 bits per heavy atom. The van der Waals surface area contributed by atoms with E-state index in [1.807, 2.05) is 12.1 Å². The first-order valence-corrected chi connectivity index (χ1v) is 16.0. The molecule has 8 heteroatoms. The van der Waals surface area contributed by atoms with Crippen LogP contribution in [-0.2, 0) is 51.0 Å². The Labute approximate surface area is 232 Å². The van der Waals surface area contributed by atoms with E-state index in [9.17, 15) is 0 Å². The molecule has 0 saturated heterocycles. The third kappa shape index (κ3) is 4.45. The molecule has 0 amide bonds. The molecule has 4 aromatic rings. The average molecular weight is 649 g/mol. The quantitative estimate of drug-likeness (QED) is 0.219. The Balaban J connectivity index is 0.000000636. The Kier molecular flexibility index (Phi) is 8.06. The zero-order chi connectivity index (χ0) is 24.3. The summed E-state index contributed by atoms with van der Waals surface area (Å²) in [5.41, 5.74) is 6.22. The van der Waals surface area contributed by atoms with Gasteiger partial charge in [0.25, 0.3) is 0 Å². The maximum Gasteiger partial charge on any atom is 0.106 e. The Bertz CT molecular complexity index is 1340. The normalized spacial score (nSPS) is 14.6. The molecule has 2 nitrogen and oxygen atoms in total. The summed E-state index contributed by atoms with van der Waals surface area (Å²) in [4.78, 5) is 9.96. The first-order chi connectivity index (χ1) is 16.4. The van der Waals surface area contributed by atoms with Gasteiger partial charge in [0, 0.05) is 45.6 Å². The first-order valence-electron chi connectivity index (χ1n) is 10.4. The monoisotopic (exact) mass is 646 g/mol. The smallest absolute Gasteiger partial charge is 0.106 e. The number of nitrogens with zero attached hydrogens (tertiary/aromatic N) is 2. The van der Waals surface area contributed by atoms with Crippen molar-refractivity contribution in [3.8, 4) is 0 Å². The summed E-state index contributed by atoms with van der Waals surface area (Å²) < 4.78 is 1.63. The number of hydrogen-bond donors (Lipinski definition) is 0. The Morgan fingerprint density at radius 1 is 0.588 bits per heavy atom. The lowest BCUT2D eigenvalue weighted by atomic mass is 9.56. The highest BCUT2D eigenvalue weighted by Crippen LogP contribution is 2.55. The van der Waals surface area contributed by atoms with Gasteiger partial charge in [-0.3, -0.25) is 0 Å². The second-order valence-electron chi connectivity index (χ2n) is 8.29. The number of fused-ring (bicyclic) bond motifs is 2. The molecule has 1 aliphatic rings. The van der Waals surface area contributed by atoms with Crippen molar-refractivity contribution in [1.29, 1.82) is 0 Å². The fourth-order valence-electron chi connectivity index (χ4n) is 4.92. The van der Waals surface area contributed by atoms with Gasteiger partial charge >= 0.3 is 0 Å². The second-order valence-corrected chi connectivity index (χ2v) is 13.5. The molecule has 0 aliphatic heterocycles. The average Bonchev–Trinajstić information content (AvgIpc) is 2.85. The number of aromatic nitrogens is 2. The van der Waals surface area contributed by atoms with Crippen LogP contribution in [0.15, 0.2) is 94.1 Å². The highest BCUT2D eigenvalue weighted by Gasteiger charge is 2.50. The molecule has 0 atom stereocenters. The molecule has 0 radical (unpaired) electrons. The summed E-state index contributed by atoms with van der Waals surface area (Å²) in [7, 11) is 2.34. The van der Waals surface area contributed by atoms with Gasteiger partial charge < -0.3 is 0 Å². The summed E-state index contributed by atoms with van der Waals surface area (Å²) in [5, 5.41) is 0. The molecule has 2 heterocycles. The first kappa shape index (κ1) is 25.7. The SMILES string of the molecule is CC1(C)c2ccccc2C(c2cccc(Br)n2)(c2cccc(Br)n2)c2ccccc21.S=S=S=S. The third-order valence-electron chi connectivity index (χ3n) is 6.24. The molecule has 0 spiro atoms. The van der Waals surface area contributed by atoms with Crippen LogP contribution in [0.2, 0.25) is 0 Å². The zero-order valence-electron chi connectivity index (χ0n) is 18.4. The fraction of sp³-hybridized carbons (Fsp3) is 0.154. The molecule has 0 unspecified atom stereocenters. The van der Waals surface area contributed by atoms with E-state index in [0.29, 0.717) is 0 Å². The van der Waals surface area contributed by atoms with Crippen molar-refractivity contribution in [2.45, 2.75) is 24.7 Å². The number of benzene rings is 2. The lowest BCUT2D eigenvalue weighted by molar-refractivity contribution is 0.544. The van der Waals surface area contributed by atoms with Crippen molar-refractivity contribution in [3.05, 3.63) is 128 Å². The van der Waals surface area contributed by atoms with Crippen molar-refractivity contribution in [2.24, 2.45) is 0 Å². The topological polar surface area (TPSA) is 25.8 Å². The van der Waals surface area contributed by atoms with E-state index in [2.05, 4.69) is 141 Å². The summed E-state index contributed by atoms with van der Waals surface area (Å²) in [6.45, 7) is 4.61. The van der Waals surface area contributed by atoms with Gasteiger partial charge in [-0.25, -0.2) is 9.97 Å². The summed E-state index contributed by atoms with van der Waals surface area (Å²) in [5.74, 6) is 0.